The zero-order valence-electron chi connectivity index (χ0n) is 12.6. The third-order valence-corrected chi connectivity index (χ3v) is 3.67. The van der Waals surface area contributed by atoms with E-state index in [1.165, 1.54) is 31.4 Å². The van der Waals surface area contributed by atoms with E-state index in [1.807, 2.05) is 12.1 Å². The molecule has 0 aliphatic heterocycles. The lowest BCUT2D eigenvalue weighted by molar-refractivity contribution is 0.414. The van der Waals surface area contributed by atoms with Gasteiger partial charge in [0.2, 0.25) is 0 Å². The summed E-state index contributed by atoms with van der Waals surface area (Å²) < 4.78 is 5.27. The molecule has 1 unspecified atom stereocenters. The van der Waals surface area contributed by atoms with Crippen molar-refractivity contribution in [3.8, 4) is 5.75 Å². The van der Waals surface area contributed by atoms with Crippen molar-refractivity contribution in [3.63, 3.8) is 0 Å². The van der Waals surface area contributed by atoms with Crippen molar-refractivity contribution in [1.29, 1.82) is 0 Å². The van der Waals surface area contributed by atoms with Gasteiger partial charge in [-0.15, -0.1) is 0 Å². The van der Waals surface area contributed by atoms with Crippen LogP contribution in [-0.4, -0.2) is 26.7 Å². The van der Waals surface area contributed by atoms with Gasteiger partial charge in [0.15, 0.2) is 0 Å². The SMILES string of the molecule is CCCCCCC(CN)N(C)c1cccc(OC)c1. The average molecular weight is 264 g/mol. The molecule has 3 heteroatoms. The van der Waals surface area contributed by atoms with E-state index in [-0.39, 0.29) is 0 Å². The van der Waals surface area contributed by atoms with Gasteiger partial charge in [-0.1, -0.05) is 38.7 Å². The molecule has 0 saturated carbocycles. The third kappa shape index (κ3) is 5.11. The molecule has 1 aromatic carbocycles. The lowest BCUT2D eigenvalue weighted by Gasteiger charge is -2.29. The number of likely N-dealkylation sites (N-methyl/N-ethyl adjacent to an activating group) is 1. The fourth-order valence-corrected chi connectivity index (χ4v) is 2.32. The predicted molar refractivity (Wildman–Crippen MR) is 83.0 cm³/mol. The summed E-state index contributed by atoms with van der Waals surface area (Å²) in [5.41, 5.74) is 7.09. The molecule has 0 spiro atoms. The number of anilines is 1. The Labute approximate surface area is 117 Å². The van der Waals surface area contributed by atoms with Crippen LogP contribution >= 0.6 is 0 Å². The molecule has 3 nitrogen and oxygen atoms in total. The Bertz CT molecular complexity index is 354. The highest BCUT2D eigenvalue weighted by atomic mass is 16.5. The van der Waals surface area contributed by atoms with E-state index in [0.29, 0.717) is 12.6 Å². The lowest BCUT2D eigenvalue weighted by atomic mass is 10.1. The summed E-state index contributed by atoms with van der Waals surface area (Å²) >= 11 is 0. The van der Waals surface area contributed by atoms with E-state index >= 15 is 0 Å². The van der Waals surface area contributed by atoms with Crippen LogP contribution in [0.1, 0.15) is 39.0 Å². The molecule has 1 aromatic rings. The second-order valence-corrected chi connectivity index (χ2v) is 5.05. The second kappa shape index (κ2) is 8.81. The monoisotopic (exact) mass is 264 g/mol. The topological polar surface area (TPSA) is 38.5 Å². The molecule has 0 bridgehead atoms. The van der Waals surface area contributed by atoms with Crippen LogP contribution in [0.4, 0.5) is 5.69 Å². The van der Waals surface area contributed by atoms with Crippen LogP contribution < -0.4 is 15.4 Å². The molecule has 0 amide bonds. The first-order valence-electron chi connectivity index (χ1n) is 7.29. The van der Waals surface area contributed by atoms with Crippen LogP contribution in [0.3, 0.4) is 0 Å². The van der Waals surface area contributed by atoms with Crippen molar-refractivity contribution < 1.29 is 4.74 Å². The zero-order valence-corrected chi connectivity index (χ0v) is 12.6. The molecule has 0 fully saturated rings. The average Bonchev–Trinajstić information content (AvgIpc) is 2.47. The van der Waals surface area contributed by atoms with Gasteiger partial charge in [0.25, 0.3) is 0 Å². The predicted octanol–water partition coefficient (Wildman–Crippen LogP) is 3.43. The fraction of sp³-hybridized carbons (Fsp3) is 0.625. The highest BCUT2D eigenvalue weighted by molar-refractivity contribution is 5.50. The summed E-state index contributed by atoms with van der Waals surface area (Å²) in [7, 11) is 3.82. The number of methoxy groups -OCH3 is 1. The Morgan fingerprint density at radius 3 is 2.68 bits per heavy atom. The fourth-order valence-electron chi connectivity index (χ4n) is 2.32. The van der Waals surface area contributed by atoms with Gasteiger partial charge in [0.05, 0.1) is 7.11 Å². The highest BCUT2D eigenvalue weighted by Gasteiger charge is 2.13. The van der Waals surface area contributed by atoms with E-state index in [2.05, 4.69) is 31.0 Å². The summed E-state index contributed by atoms with van der Waals surface area (Å²) in [5.74, 6) is 0.895. The van der Waals surface area contributed by atoms with Crippen molar-refractivity contribution in [2.24, 2.45) is 5.73 Å². The zero-order chi connectivity index (χ0) is 14.1. The quantitative estimate of drug-likeness (QED) is 0.694. The van der Waals surface area contributed by atoms with Crippen LogP contribution in [0.5, 0.6) is 5.75 Å². The first-order chi connectivity index (χ1) is 9.22. The molecule has 108 valence electrons. The highest BCUT2D eigenvalue weighted by Crippen LogP contribution is 2.23. The van der Waals surface area contributed by atoms with Crippen LogP contribution in [0.15, 0.2) is 24.3 Å². The summed E-state index contributed by atoms with van der Waals surface area (Å²) in [6.45, 7) is 2.93. The Kier molecular flexibility index (Phi) is 7.34. The van der Waals surface area contributed by atoms with Crippen molar-refractivity contribution in [3.05, 3.63) is 24.3 Å². The molecule has 0 aromatic heterocycles. The van der Waals surface area contributed by atoms with Gasteiger partial charge in [0, 0.05) is 31.4 Å². The van der Waals surface area contributed by atoms with E-state index in [9.17, 15) is 0 Å². The van der Waals surface area contributed by atoms with Crippen LogP contribution in [0.25, 0.3) is 0 Å². The first kappa shape index (κ1) is 15.8. The molecule has 0 radical (unpaired) electrons. The minimum absolute atomic E-state index is 0.406. The normalized spacial score (nSPS) is 12.2. The van der Waals surface area contributed by atoms with E-state index in [1.54, 1.807) is 7.11 Å². The smallest absolute Gasteiger partial charge is 0.120 e. The van der Waals surface area contributed by atoms with Crippen molar-refractivity contribution in [1.82, 2.24) is 0 Å². The Balaban J connectivity index is 2.58. The molecule has 0 aliphatic rings. The number of hydrogen-bond donors (Lipinski definition) is 1. The molecule has 1 atom stereocenters. The molecule has 0 saturated heterocycles. The molecule has 0 aliphatic carbocycles. The van der Waals surface area contributed by atoms with Crippen molar-refractivity contribution in [2.45, 2.75) is 45.1 Å². The number of benzene rings is 1. The summed E-state index contributed by atoms with van der Waals surface area (Å²) in [4.78, 5) is 2.27. The van der Waals surface area contributed by atoms with Gasteiger partial charge < -0.3 is 15.4 Å². The number of rotatable bonds is 9. The summed E-state index contributed by atoms with van der Waals surface area (Å²) in [6.07, 6.45) is 6.31. The van der Waals surface area contributed by atoms with Crippen molar-refractivity contribution >= 4 is 5.69 Å². The maximum Gasteiger partial charge on any atom is 0.120 e. The second-order valence-electron chi connectivity index (χ2n) is 5.05. The molecule has 19 heavy (non-hydrogen) atoms. The minimum Gasteiger partial charge on any atom is -0.497 e. The molecular formula is C16H28N2O. The third-order valence-electron chi connectivity index (χ3n) is 3.67. The van der Waals surface area contributed by atoms with Gasteiger partial charge in [-0.05, 0) is 18.6 Å². The summed E-state index contributed by atoms with van der Waals surface area (Å²) in [6, 6.07) is 8.57. The van der Waals surface area contributed by atoms with Gasteiger partial charge >= 0.3 is 0 Å². The molecule has 1 rings (SSSR count). The van der Waals surface area contributed by atoms with Gasteiger partial charge in [0.1, 0.15) is 5.75 Å². The van der Waals surface area contributed by atoms with E-state index in [4.69, 9.17) is 10.5 Å². The molecule has 2 N–H and O–H groups in total. The Morgan fingerprint density at radius 2 is 2.05 bits per heavy atom. The first-order valence-corrected chi connectivity index (χ1v) is 7.29. The van der Waals surface area contributed by atoms with E-state index < -0.39 is 0 Å². The maximum atomic E-state index is 5.92. The lowest BCUT2D eigenvalue weighted by Crippen LogP contribution is -2.37. The Morgan fingerprint density at radius 1 is 1.26 bits per heavy atom. The number of hydrogen-bond acceptors (Lipinski definition) is 3. The molecular weight excluding hydrogens is 236 g/mol. The minimum atomic E-state index is 0.406. The van der Waals surface area contributed by atoms with Crippen molar-refractivity contribution in [2.75, 3.05) is 25.6 Å². The number of unbranched alkanes of at least 4 members (excludes halogenated alkanes) is 3. The maximum absolute atomic E-state index is 5.92. The number of ether oxygens (including phenoxy) is 1. The van der Waals surface area contributed by atoms with Crippen LogP contribution in [-0.2, 0) is 0 Å². The van der Waals surface area contributed by atoms with Crippen LogP contribution in [0.2, 0.25) is 0 Å². The van der Waals surface area contributed by atoms with Gasteiger partial charge in [-0.3, -0.25) is 0 Å². The van der Waals surface area contributed by atoms with Gasteiger partial charge in [-0.2, -0.15) is 0 Å². The molecule has 0 heterocycles. The number of nitrogens with two attached hydrogens (primary N) is 1. The largest absolute Gasteiger partial charge is 0.497 e. The number of nitrogens with zero attached hydrogens (tertiary/aromatic N) is 1. The van der Waals surface area contributed by atoms with Crippen LogP contribution in [0, 0.1) is 0 Å². The van der Waals surface area contributed by atoms with Gasteiger partial charge in [-0.25, -0.2) is 0 Å². The van der Waals surface area contributed by atoms with E-state index in [0.717, 1.165) is 12.2 Å². The summed E-state index contributed by atoms with van der Waals surface area (Å²) in [5, 5.41) is 0. The Hall–Kier alpha value is -1.22. The standard InChI is InChI=1S/C16H28N2O/c1-4-5-6-7-9-15(13-17)18(2)14-10-8-11-16(12-14)19-3/h8,10-12,15H,4-7,9,13,17H2,1-3H3.